The van der Waals surface area contributed by atoms with Crippen LogP contribution in [0.15, 0.2) is 64.5 Å². The van der Waals surface area contributed by atoms with Gasteiger partial charge in [0.2, 0.25) is 0 Å². The van der Waals surface area contributed by atoms with E-state index in [2.05, 4.69) is 4.90 Å². The lowest BCUT2D eigenvalue weighted by Gasteiger charge is -2.28. The highest BCUT2D eigenvalue weighted by Crippen LogP contribution is 2.25. The highest BCUT2D eigenvalue weighted by Gasteiger charge is 2.20. The van der Waals surface area contributed by atoms with E-state index < -0.39 is 6.10 Å². The molecule has 0 aliphatic carbocycles. The lowest BCUT2D eigenvalue weighted by molar-refractivity contribution is 0.0188. The number of benzene rings is 2. The maximum atomic E-state index is 13.4. The third kappa shape index (κ3) is 4.75. The molecule has 0 unspecified atom stereocenters. The van der Waals surface area contributed by atoms with Crippen LogP contribution in [0.25, 0.3) is 10.9 Å². The number of rotatable bonds is 7. The van der Waals surface area contributed by atoms with E-state index in [0.717, 1.165) is 18.7 Å². The van der Waals surface area contributed by atoms with Crippen LogP contribution < -0.4 is 5.56 Å². The third-order valence-electron chi connectivity index (χ3n) is 5.42. The molecule has 30 heavy (non-hydrogen) atoms. The molecule has 0 radical (unpaired) electrons. The SMILES string of the molecule is C[C@H](c1ccccc1)n1c(SC[C@@H](O)CN2CCOCC2)nc2ccccc2c1=O. The van der Waals surface area contributed by atoms with Crippen LogP contribution in [0.3, 0.4) is 0 Å². The minimum Gasteiger partial charge on any atom is -0.391 e. The molecule has 0 bridgehead atoms. The summed E-state index contributed by atoms with van der Waals surface area (Å²) in [6, 6.07) is 17.2. The zero-order valence-corrected chi connectivity index (χ0v) is 17.9. The fourth-order valence-corrected chi connectivity index (χ4v) is 4.74. The van der Waals surface area contributed by atoms with E-state index in [1.54, 1.807) is 4.57 Å². The number of nitrogens with zero attached hydrogens (tertiary/aromatic N) is 3. The summed E-state index contributed by atoms with van der Waals surface area (Å²) in [5.74, 6) is 0.476. The molecule has 1 aliphatic heterocycles. The van der Waals surface area contributed by atoms with Crippen LogP contribution >= 0.6 is 11.8 Å². The van der Waals surface area contributed by atoms with E-state index >= 15 is 0 Å². The molecule has 1 saturated heterocycles. The molecule has 1 fully saturated rings. The molecule has 158 valence electrons. The van der Waals surface area contributed by atoms with Gasteiger partial charge in [0.25, 0.3) is 5.56 Å². The Bertz CT molecular complexity index is 1030. The van der Waals surface area contributed by atoms with Gasteiger partial charge in [0.15, 0.2) is 5.16 Å². The maximum absolute atomic E-state index is 13.4. The molecule has 3 aromatic rings. The van der Waals surface area contributed by atoms with Crippen LogP contribution in [0.2, 0.25) is 0 Å². The number of aromatic nitrogens is 2. The van der Waals surface area contributed by atoms with Crippen molar-refractivity contribution in [2.24, 2.45) is 0 Å². The summed E-state index contributed by atoms with van der Waals surface area (Å²) < 4.78 is 7.13. The number of aliphatic hydroxyl groups excluding tert-OH is 1. The third-order valence-corrected chi connectivity index (χ3v) is 6.52. The van der Waals surface area contributed by atoms with Crippen molar-refractivity contribution in [2.75, 3.05) is 38.6 Å². The lowest BCUT2D eigenvalue weighted by Crippen LogP contribution is -2.41. The Balaban J connectivity index is 1.61. The number of ether oxygens (including phenoxy) is 1. The van der Waals surface area contributed by atoms with Crippen LogP contribution in [0.4, 0.5) is 0 Å². The van der Waals surface area contributed by atoms with E-state index in [0.29, 0.717) is 41.6 Å². The second-order valence-electron chi connectivity index (χ2n) is 7.55. The van der Waals surface area contributed by atoms with Gasteiger partial charge in [-0.2, -0.15) is 0 Å². The Labute approximate surface area is 180 Å². The lowest BCUT2D eigenvalue weighted by atomic mass is 10.1. The molecule has 2 heterocycles. The number of fused-ring (bicyclic) bond motifs is 1. The van der Waals surface area contributed by atoms with Gasteiger partial charge in [-0.15, -0.1) is 0 Å². The topological polar surface area (TPSA) is 67.6 Å². The summed E-state index contributed by atoms with van der Waals surface area (Å²) in [4.78, 5) is 20.3. The zero-order chi connectivity index (χ0) is 20.9. The number of morpholine rings is 1. The molecular formula is C23H27N3O3S. The fourth-order valence-electron chi connectivity index (χ4n) is 3.75. The molecule has 1 aromatic heterocycles. The van der Waals surface area contributed by atoms with Gasteiger partial charge < -0.3 is 9.84 Å². The molecule has 1 N–H and O–H groups in total. The predicted molar refractivity (Wildman–Crippen MR) is 120 cm³/mol. The van der Waals surface area contributed by atoms with Crippen molar-refractivity contribution < 1.29 is 9.84 Å². The van der Waals surface area contributed by atoms with Crippen molar-refractivity contribution in [1.82, 2.24) is 14.5 Å². The van der Waals surface area contributed by atoms with Crippen molar-refractivity contribution in [3.8, 4) is 0 Å². The molecule has 7 heteroatoms. The van der Waals surface area contributed by atoms with Gasteiger partial charge in [0.05, 0.1) is 36.3 Å². The normalized spacial score (nSPS) is 17.1. The number of β-amino-alcohol motifs (C(OH)–C–C–N with tert-alkyl or cyclic N) is 1. The number of para-hydroxylation sites is 1. The Kier molecular flexibility index (Phi) is 6.84. The van der Waals surface area contributed by atoms with Gasteiger partial charge in [0, 0.05) is 25.4 Å². The maximum Gasteiger partial charge on any atom is 0.262 e. The van der Waals surface area contributed by atoms with Crippen molar-refractivity contribution in [3.63, 3.8) is 0 Å². The van der Waals surface area contributed by atoms with Crippen molar-refractivity contribution in [2.45, 2.75) is 24.2 Å². The fraction of sp³-hybridized carbons (Fsp3) is 0.391. The number of thioether (sulfide) groups is 1. The molecule has 4 rings (SSSR count). The van der Waals surface area contributed by atoms with Gasteiger partial charge in [-0.05, 0) is 24.6 Å². The van der Waals surface area contributed by atoms with E-state index in [1.165, 1.54) is 11.8 Å². The first kappa shape index (κ1) is 21.1. The standard InChI is InChI=1S/C23H27N3O3S/c1-17(18-7-3-2-4-8-18)26-22(28)20-9-5-6-10-21(20)24-23(26)30-16-19(27)15-25-11-13-29-14-12-25/h2-10,17,19,27H,11-16H2,1H3/t17-,19+/m1/s1. The van der Waals surface area contributed by atoms with Crippen molar-refractivity contribution >= 4 is 22.7 Å². The van der Waals surface area contributed by atoms with E-state index in [4.69, 9.17) is 9.72 Å². The van der Waals surface area contributed by atoms with Crippen LogP contribution in [0.1, 0.15) is 18.5 Å². The first-order valence-corrected chi connectivity index (χ1v) is 11.3. The molecule has 2 aromatic carbocycles. The van der Waals surface area contributed by atoms with Crippen molar-refractivity contribution in [3.05, 3.63) is 70.5 Å². The Morgan fingerprint density at radius 1 is 1.10 bits per heavy atom. The Morgan fingerprint density at radius 3 is 2.57 bits per heavy atom. The van der Waals surface area contributed by atoms with E-state index in [9.17, 15) is 9.90 Å². The number of aliphatic hydroxyl groups is 1. The minimum atomic E-state index is -0.503. The van der Waals surface area contributed by atoms with Crippen LogP contribution in [0.5, 0.6) is 0 Å². The quantitative estimate of drug-likeness (QED) is 0.464. The highest BCUT2D eigenvalue weighted by molar-refractivity contribution is 7.99. The van der Waals surface area contributed by atoms with Crippen LogP contribution in [0, 0.1) is 0 Å². The summed E-state index contributed by atoms with van der Waals surface area (Å²) >= 11 is 1.44. The first-order valence-electron chi connectivity index (χ1n) is 10.3. The highest BCUT2D eigenvalue weighted by atomic mass is 32.2. The largest absolute Gasteiger partial charge is 0.391 e. The van der Waals surface area contributed by atoms with Gasteiger partial charge in [-0.3, -0.25) is 14.3 Å². The van der Waals surface area contributed by atoms with Crippen LogP contribution in [-0.2, 0) is 4.74 Å². The Hall–Kier alpha value is -2.19. The summed E-state index contributed by atoms with van der Waals surface area (Å²) in [5.41, 5.74) is 1.68. The summed E-state index contributed by atoms with van der Waals surface area (Å²) in [7, 11) is 0. The molecule has 0 saturated carbocycles. The molecule has 1 aliphatic rings. The van der Waals surface area contributed by atoms with Gasteiger partial charge in [0.1, 0.15) is 0 Å². The monoisotopic (exact) mass is 425 g/mol. The van der Waals surface area contributed by atoms with Crippen LogP contribution in [-0.4, -0.2) is 64.3 Å². The molecule has 6 nitrogen and oxygen atoms in total. The molecule has 2 atom stereocenters. The van der Waals surface area contributed by atoms with E-state index in [1.807, 2.05) is 61.5 Å². The minimum absolute atomic E-state index is 0.0536. The second-order valence-corrected chi connectivity index (χ2v) is 8.54. The Morgan fingerprint density at radius 2 is 1.80 bits per heavy atom. The van der Waals surface area contributed by atoms with Gasteiger partial charge >= 0.3 is 0 Å². The summed E-state index contributed by atoms with van der Waals surface area (Å²) in [6.45, 7) is 5.71. The average molecular weight is 426 g/mol. The average Bonchev–Trinajstić information content (AvgIpc) is 2.79. The summed E-state index contributed by atoms with van der Waals surface area (Å²) in [5, 5.41) is 11.8. The van der Waals surface area contributed by atoms with Gasteiger partial charge in [-0.25, -0.2) is 4.98 Å². The molecule has 0 spiro atoms. The van der Waals surface area contributed by atoms with E-state index in [-0.39, 0.29) is 11.6 Å². The predicted octanol–water partition coefficient (Wildman–Crippen LogP) is 2.79. The number of hydrogen-bond acceptors (Lipinski definition) is 6. The smallest absolute Gasteiger partial charge is 0.262 e. The molecule has 0 amide bonds. The number of hydrogen-bond donors (Lipinski definition) is 1. The molecular weight excluding hydrogens is 398 g/mol. The second kappa shape index (κ2) is 9.75. The summed E-state index contributed by atoms with van der Waals surface area (Å²) in [6.07, 6.45) is -0.503. The van der Waals surface area contributed by atoms with Gasteiger partial charge in [-0.1, -0.05) is 54.2 Å². The first-order chi connectivity index (χ1) is 14.6. The van der Waals surface area contributed by atoms with Crippen molar-refractivity contribution in [1.29, 1.82) is 0 Å². The zero-order valence-electron chi connectivity index (χ0n) is 17.1.